The third-order valence-electron chi connectivity index (χ3n) is 2.92. The smallest absolute Gasteiger partial charge is 0.267 e. The number of hydrazine groups is 1. The summed E-state index contributed by atoms with van der Waals surface area (Å²) < 4.78 is 0. The van der Waals surface area contributed by atoms with E-state index in [1.165, 1.54) is 17.2 Å². The minimum absolute atomic E-state index is 0.0836. The molecule has 23 heavy (non-hydrogen) atoms. The summed E-state index contributed by atoms with van der Waals surface area (Å²) in [6.07, 6.45) is 4.27. The number of nitrogens with zero attached hydrogens (tertiary/aromatic N) is 4. The fourth-order valence-electron chi connectivity index (χ4n) is 1.80. The summed E-state index contributed by atoms with van der Waals surface area (Å²) in [6, 6.07) is 12.4. The molecule has 0 aliphatic carbocycles. The summed E-state index contributed by atoms with van der Waals surface area (Å²) in [7, 11) is 0. The first-order chi connectivity index (χ1) is 11.2. The molecule has 0 saturated carbocycles. The molecule has 2 amide bonds. The first-order valence-electron chi connectivity index (χ1n) is 6.72. The van der Waals surface area contributed by atoms with Crippen LogP contribution in [0.3, 0.4) is 0 Å². The van der Waals surface area contributed by atoms with Crippen LogP contribution in [0.2, 0.25) is 0 Å². The average Bonchev–Trinajstić information content (AvgIpc) is 3.11. The lowest BCUT2D eigenvalue weighted by molar-refractivity contribution is 0.0843. The van der Waals surface area contributed by atoms with Gasteiger partial charge in [-0.15, -0.1) is 5.10 Å². The molecule has 8 nitrogen and oxygen atoms in total. The van der Waals surface area contributed by atoms with Crippen molar-refractivity contribution in [3.8, 4) is 5.69 Å². The zero-order chi connectivity index (χ0) is 16.1. The quantitative estimate of drug-likeness (QED) is 0.695. The van der Waals surface area contributed by atoms with Crippen LogP contribution in [0.5, 0.6) is 0 Å². The van der Waals surface area contributed by atoms with Crippen molar-refractivity contribution in [2.24, 2.45) is 0 Å². The number of hydrogen-bond acceptors (Lipinski definition) is 5. The van der Waals surface area contributed by atoms with Gasteiger partial charge in [0.25, 0.3) is 11.8 Å². The van der Waals surface area contributed by atoms with Crippen molar-refractivity contribution in [3.63, 3.8) is 0 Å². The Hall–Kier alpha value is -3.55. The maximum Gasteiger partial charge on any atom is 0.291 e. The van der Waals surface area contributed by atoms with Crippen LogP contribution < -0.4 is 10.9 Å². The number of aromatic nitrogens is 4. The first kappa shape index (κ1) is 14.4. The summed E-state index contributed by atoms with van der Waals surface area (Å²) in [5, 5.41) is 8.08. The molecule has 1 aromatic carbocycles. The highest BCUT2D eigenvalue weighted by atomic mass is 16.2. The SMILES string of the molecule is O=C(NNC(=O)c1cnn(-c2ccccc2)n1)c1cccnc1. The van der Waals surface area contributed by atoms with Gasteiger partial charge in [-0.3, -0.25) is 25.4 Å². The highest BCUT2D eigenvalue weighted by molar-refractivity contribution is 5.97. The van der Waals surface area contributed by atoms with E-state index >= 15 is 0 Å². The van der Waals surface area contributed by atoms with Crippen molar-refractivity contribution in [2.75, 3.05) is 0 Å². The van der Waals surface area contributed by atoms with E-state index in [9.17, 15) is 9.59 Å². The second-order valence-electron chi connectivity index (χ2n) is 4.50. The van der Waals surface area contributed by atoms with Crippen LogP contribution >= 0.6 is 0 Å². The van der Waals surface area contributed by atoms with Crippen LogP contribution in [-0.2, 0) is 0 Å². The lowest BCUT2D eigenvalue weighted by atomic mass is 10.3. The van der Waals surface area contributed by atoms with E-state index in [1.807, 2.05) is 30.3 Å². The molecule has 0 bridgehead atoms. The Morgan fingerprint density at radius 2 is 1.70 bits per heavy atom. The number of para-hydroxylation sites is 1. The molecule has 0 atom stereocenters. The number of carbonyl (C=O) groups excluding carboxylic acids is 2. The van der Waals surface area contributed by atoms with Gasteiger partial charge in [0.2, 0.25) is 0 Å². The normalized spacial score (nSPS) is 10.1. The molecule has 0 aliphatic heterocycles. The van der Waals surface area contributed by atoms with Crippen molar-refractivity contribution < 1.29 is 9.59 Å². The second kappa shape index (κ2) is 6.48. The Morgan fingerprint density at radius 3 is 2.43 bits per heavy atom. The predicted octanol–water partition coefficient (Wildman–Crippen LogP) is 0.737. The summed E-state index contributed by atoms with van der Waals surface area (Å²) in [6.45, 7) is 0. The molecule has 3 aromatic rings. The van der Waals surface area contributed by atoms with Crippen LogP contribution in [0.1, 0.15) is 20.8 Å². The van der Waals surface area contributed by atoms with E-state index in [0.29, 0.717) is 5.56 Å². The van der Waals surface area contributed by atoms with Crippen molar-refractivity contribution in [3.05, 3.63) is 72.3 Å². The van der Waals surface area contributed by atoms with Gasteiger partial charge in [-0.25, -0.2) is 0 Å². The van der Waals surface area contributed by atoms with E-state index in [1.54, 1.807) is 18.3 Å². The summed E-state index contributed by atoms with van der Waals surface area (Å²) in [5.74, 6) is -1.04. The van der Waals surface area contributed by atoms with Gasteiger partial charge >= 0.3 is 0 Å². The first-order valence-corrected chi connectivity index (χ1v) is 6.72. The molecule has 0 saturated heterocycles. The van der Waals surface area contributed by atoms with Gasteiger partial charge in [-0.1, -0.05) is 18.2 Å². The Labute approximate surface area is 131 Å². The highest BCUT2D eigenvalue weighted by Gasteiger charge is 2.13. The zero-order valence-corrected chi connectivity index (χ0v) is 11.9. The number of amides is 2. The van der Waals surface area contributed by atoms with Gasteiger partial charge in [0.1, 0.15) is 0 Å². The Balaban J connectivity index is 1.63. The van der Waals surface area contributed by atoms with Crippen LogP contribution in [-0.4, -0.2) is 31.8 Å². The molecule has 0 radical (unpaired) electrons. The topological polar surface area (TPSA) is 102 Å². The maximum atomic E-state index is 12.0. The van der Waals surface area contributed by atoms with Crippen molar-refractivity contribution in [2.45, 2.75) is 0 Å². The van der Waals surface area contributed by atoms with E-state index in [4.69, 9.17) is 0 Å². The summed E-state index contributed by atoms with van der Waals surface area (Å²) in [4.78, 5) is 28.9. The van der Waals surface area contributed by atoms with Crippen LogP contribution in [0.4, 0.5) is 0 Å². The fourth-order valence-corrected chi connectivity index (χ4v) is 1.80. The van der Waals surface area contributed by atoms with E-state index in [0.717, 1.165) is 5.69 Å². The molecule has 0 fully saturated rings. The number of hydrogen-bond donors (Lipinski definition) is 2. The Morgan fingerprint density at radius 1 is 0.913 bits per heavy atom. The van der Waals surface area contributed by atoms with Gasteiger partial charge in [-0.2, -0.15) is 9.90 Å². The van der Waals surface area contributed by atoms with Crippen molar-refractivity contribution in [1.29, 1.82) is 0 Å². The Bertz CT molecular complexity index is 816. The monoisotopic (exact) mass is 308 g/mol. The third kappa shape index (κ3) is 3.38. The summed E-state index contributed by atoms with van der Waals surface area (Å²) in [5.41, 5.74) is 5.72. The van der Waals surface area contributed by atoms with Gasteiger partial charge in [0.15, 0.2) is 5.69 Å². The number of nitrogens with one attached hydrogen (secondary N) is 2. The van der Waals surface area contributed by atoms with Crippen molar-refractivity contribution >= 4 is 11.8 Å². The molecule has 2 heterocycles. The molecule has 0 aliphatic rings. The number of rotatable bonds is 3. The van der Waals surface area contributed by atoms with E-state index in [-0.39, 0.29) is 5.69 Å². The third-order valence-corrected chi connectivity index (χ3v) is 2.92. The van der Waals surface area contributed by atoms with E-state index in [2.05, 4.69) is 26.0 Å². The number of pyridine rings is 1. The standard InChI is InChI=1S/C15H12N6O2/c22-14(11-5-4-8-16-9-11)18-19-15(23)13-10-17-21(20-13)12-6-2-1-3-7-12/h1-10H,(H,18,22)(H,19,23). The van der Waals surface area contributed by atoms with Gasteiger partial charge < -0.3 is 0 Å². The van der Waals surface area contributed by atoms with Crippen LogP contribution in [0.15, 0.2) is 61.1 Å². The van der Waals surface area contributed by atoms with Gasteiger partial charge in [0.05, 0.1) is 17.4 Å². The predicted molar refractivity (Wildman–Crippen MR) is 80.5 cm³/mol. The minimum Gasteiger partial charge on any atom is -0.267 e. The van der Waals surface area contributed by atoms with E-state index < -0.39 is 11.8 Å². The highest BCUT2D eigenvalue weighted by Crippen LogP contribution is 2.04. The largest absolute Gasteiger partial charge is 0.291 e. The molecule has 3 rings (SSSR count). The van der Waals surface area contributed by atoms with Gasteiger partial charge in [0, 0.05) is 12.4 Å². The van der Waals surface area contributed by atoms with Gasteiger partial charge in [-0.05, 0) is 24.3 Å². The Kier molecular flexibility index (Phi) is 4.05. The average molecular weight is 308 g/mol. The molecular formula is C15H12N6O2. The molecule has 114 valence electrons. The molecule has 8 heteroatoms. The molecular weight excluding hydrogens is 296 g/mol. The molecule has 2 aromatic heterocycles. The second-order valence-corrected chi connectivity index (χ2v) is 4.50. The van der Waals surface area contributed by atoms with Crippen LogP contribution in [0, 0.1) is 0 Å². The fraction of sp³-hybridized carbons (Fsp3) is 0. The van der Waals surface area contributed by atoms with Crippen LogP contribution in [0.25, 0.3) is 5.69 Å². The molecule has 0 spiro atoms. The number of carbonyl (C=O) groups is 2. The van der Waals surface area contributed by atoms with Crippen molar-refractivity contribution in [1.82, 2.24) is 30.8 Å². The lowest BCUT2D eigenvalue weighted by Crippen LogP contribution is -2.41. The molecule has 0 unspecified atom stereocenters. The lowest BCUT2D eigenvalue weighted by Gasteiger charge is -2.05. The summed E-state index contributed by atoms with van der Waals surface area (Å²) >= 11 is 0. The minimum atomic E-state index is -0.565. The number of benzene rings is 1. The zero-order valence-electron chi connectivity index (χ0n) is 11.9. The maximum absolute atomic E-state index is 12.0. The molecule has 2 N–H and O–H groups in total.